The lowest BCUT2D eigenvalue weighted by atomic mass is 10.2. The molecule has 62 valence electrons. The number of benzene rings is 1. The molecule has 0 atom stereocenters. The van der Waals surface area contributed by atoms with Gasteiger partial charge in [-0.2, -0.15) is 0 Å². The first kappa shape index (κ1) is 7.31. The van der Waals surface area contributed by atoms with Crippen LogP contribution in [0.3, 0.4) is 0 Å². The summed E-state index contributed by atoms with van der Waals surface area (Å²) < 4.78 is 13.0. The van der Waals surface area contributed by atoms with E-state index in [1.807, 2.05) is 0 Å². The smallest absolute Gasteiger partial charge is 0.147 e. The highest BCUT2D eigenvalue weighted by molar-refractivity contribution is 5.80. The molecule has 3 heteroatoms. The summed E-state index contributed by atoms with van der Waals surface area (Å²) in [7, 11) is 0. The number of aromatic amines is 1. The molecule has 0 amide bonds. The van der Waals surface area contributed by atoms with Crippen LogP contribution in [-0.4, -0.2) is 10.1 Å². The Morgan fingerprint density at radius 2 is 2.25 bits per heavy atom. The second kappa shape index (κ2) is 2.60. The Balaban J connectivity index is 2.74. The van der Waals surface area contributed by atoms with Crippen LogP contribution in [0.1, 0.15) is 5.69 Å². The van der Waals surface area contributed by atoms with Crippen molar-refractivity contribution >= 4 is 10.9 Å². The van der Waals surface area contributed by atoms with Crippen LogP contribution in [0, 0.1) is 5.82 Å². The zero-order valence-corrected chi connectivity index (χ0v) is 6.34. The van der Waals surface area contributed by atoms with Crippen molar-refractivity contribution in [2.45, 2.75) is 6.61 Å². The van der Waals surface area contributed by atoms with E-state index in [1.165, 1.54) is 6.07 Å². The number of aromatic nitrogens is 1. The second-order valence-electron chi connectivity index (χ2n) is 2.66. The Hall–Kier alpha value is -1.35. The van der Waals surface area contributed by atoms with Crippen LogP contribution in [0.4, 0.5) is 4.39 Å². The fourth-order valence-corrected chi connectivity index (χ4v) is 1.26. The molecule has 0 unspecified atom stereocenters. The number of nitrogens with one attached hydrogen (secondary N) is 1. The number of halogens is 1. The van der Waals surface area contributed by atoms with E-state index < -0.39 is 0 Å². The predicted octanol–water partition coefficient (Wildman–Crippen LogP) is 1.80. The molecule has 12 heavy (non-hydrogen) atoms. The Morgan fingerprint density at radius 1 is 1.42 bits per heavy atom. The lowest BCUT2D eigenvalue weighted by Crippen LogP contribution is -1.80. The minimum Gasteiger partial charge on any atom is -0.390 e. The zero-order chi connectivity index (χ0) is 8.55. The van der Waals surface area contributed by atoms with Crippen molar-refractivity contribution in [3.05, 3.63) is 35.8 Å². The Morgan fingerprint density at radius 3 is 2.92 bits per heavy atom. The summed E-state index contributed by atoms with van der Waals surface area (Å²) in [6.07, 6.45) is 0. The Labute approximate surface area is 68.6 Å². The minimum atomic E-state index is -0.285. The molecule has 0 radical (unpaired) electrons. The zero-order valence-electron chi connectivity index (χ0n) is 6.34. The van der Waals surface area contributed by atoms with Crippen molar-refractivity contribution in [2.24, 2.45) is 0 Å². The molecule has 2 nitrogen and oxygen atoms in total. The van der Waals surface area contributed by atoms with Crippen LogP contribution in [0.15, 0.2) is 24.3 Å². The van der Waals surface area contributed by atoms with Crippen LogP contribution in [0.5, 0.6) is 0 Å². The molecule has 2 rings (SSSR count). The van der Waals surface area contributed by atoms with Gasteiger partial charge in [0.25, 0.3) is 0 Å². The molecule has 1 aromatic carbocycles. The summed E-state index contributed by atoms with van der Waals surface area (Å²) in [6, 6.07) is 6.57. The van der Waals surface area contributed by atoms with Gasteiger partial charge in [-0.05, 0) is 12.1 Å². The first-order valence-electron chi connectivity index (χ1n) is 3.68. The van der Waals surface area contributed by atoms with Crippen molar-refractivity contribution in [3.63, 3.8) is 0 Å². The fraction of sp³-hybridized carbons (Fsp3) is 0.111. The van der Waals surface area contributed by atoms with Crippen LogP contribution in [-0.2, 0) is 6.61 Å². The number of rotatable bonds is 1. The first-order valence-corrected chi connectivity index (χ1v) is 3.68. The third-order valence-electron chi connectivity index (χ3n) is 1.83. The van der Waals surface area contributed by atoms with Crippen LogP contribution in [0.25, 0.3) is 10.9 Å². The van der Waals surface area contributed by atoms with Gasteiger partial charge in [-0.3, -0.25) is 0 Å². The van der Waals surface area contributed by atoms with Gasteiger partial charge in [0.2, 0.25) is 0 Å². The van der Waals surface area contributed by atoms with Gasteiger partial charge in [0.05, 0.1) is 12.1 Å². The molecule has 0 fully saturated rings. The van der Waals surface area contributed by atoms with E-state index in [9.17, 15) is 4.39 Å². The minimum absolute atomic E-state index is 0.0892. The third kappa shape index (κ3) is 0.987. The number of hydrogen-bond donors (Lipinski definition) is 2. The van der Waals surface area contributed by atoms with Crippen molar-refractivity contribution < 1.29 is 9.50 Å². The Bertz CT molecular complexity index is 408. The summed E-state index contributed by atoms with van der Waals surface area (Å²) in [6.45, 7) is -0.0892. The van der Waals surface area contributed by atoms with Gasteiger partial charge in [-0.15, -0.1) is 0 Å². The molecule has 0 bridgehead atoms. The molecule has 2 N–H and O–H groups in total. The number of hydrogen-bond acceptors (Lipinski definition) is 1. The number of aliphatic hydroxyl groups is 1. The summed E-state index contributed by atoms with van der Waals surface area (Å²) in [5.74, 6) is -0.285. The number of para-hydroxylation sites is 1. The molecule has 0 saturated heterocycles. The molecular weight excluding hydrogens is 157 g/mol. The van der Waals surface area contributed by atoms with Gasteiger partial charge >= 0.3 is 0 Å². The molecular formula is C9H8FNO. The van der Waals surface area contributed by atoms with Gasteiger partial charge in [0.1, 0.15) is 5.82 Å². The van der Waals surface area contributed by atoms with Gasteiger partial charge in [0.15, 0.2) is 0 Å². The van der Waals surface area contributed by atoms with E-state index in [2.05, 4.69) is 4.98 Å². The number of fused-ring (bicyclic) bond motifs is 1. The summed E-state index contributed by atoms with van der Waals surface area (Å²) in [4.78, 5) is 2.79. The standard InChI is InChI=1S/C9H8FNO/c10-8-3-1-2-6-4-7(5-12)11-9(6)8/h1-4,11-12H,5H2. The maximum atomic E-state index is 13.0. The van der Waals surface area contributed by atoms with E-state index in [1.54, 1.807) is 18.2 Å². The number of aliphatic hydroxyl groups excluding tert-OH is 1. The van der Waals surface area contributed by atoms with E-state index >= 15 is 0 Å². The van der Waals surface area contributed by atoms with Crippen molar-refractivity contribution in [1.29, 1.82) is 0 Å². The topological polar surface area (TPSA) is 36.0 Å². The monoisotopic (exact) mass is 165 g/mol. The Kier molecular flexibility index (Phi) is 1.59. The number of H-pyrrole nitrogens is 1. The van der Waals surface area contributed by atoms with Crippen LogP contribution >= 0.6 is 0 Å². The predicted molar refractivity (Wildman–Crippen MR) is 44.2 cm³/mol. The lowest BCUT2D eigenvalue weighted by Gasteiger charge is -1.89. The highest BCUT2D eigenvalue weighted by Gasteiger charge is 2.02. The van der Waals surface area contributed by atoms with Gasteiger partial charge in [-0.25, -0.2) is 4.39 Å². The maximum absolute atomic E-state index is 13.0. The molecule has 0 aliphatic rings. The van der Waals surface area contributed by atoms with E-state index in [0.29, 0.717) is 11.2 Å². The molecule has 1 heterocycles. The normalized spacial score (nSPS) is 10.8. The second-order valence-corrected chi connectivity index (χ2v) is 2.66. The van der Waals surface area contributed by atoms with Crippen LogP contribution < -0.4 is 0 Å². The van der Waals surface area contributed by atoms with Gasteiger partial charge in [0, 0.05) is 11.1 Å². The molecule has 0 spiro atoms. The summed E-state index contributed by atoms with van der Waals surface area (Å²) in [5, 5.41) is 9.57. The largest absolute Gasteiger partial charge is 0.390 e. The lowest BCUT2D eigenvalue weighted by molar-refractivity contribution is 0.278. The molecule has 0 aliphatic heterocycles. The van der Waals surface area contributed by atoms with Crippen molar-refractivity contribution in [1.82, 2.24) is 4.98 Å². The quantitative estimate of drug-likeness (QED) is 0.664. The highest BCUT2D eigenvalue weighted by Crippen LogP contribution is 2.17. The first-order chi connectivity index (χ1) is 5.81. The van der Waals surface area contributed by atoms with Crippen molar-refractivity contribution in [2.75, 3.05) is 0 Å². The average Bonchev–Trinajstić information content (AvgIpc) is 2.49. The third-order valence-corrected chi connectivity index (χ3v) is 1.83. The summed E-state index contributed by atoms with van der Waals surface area (Å²) >= 11 is 0. The van der Waals surface area contributed by atoms with E-state index in [0.717, 1.165) is 5.39 Å². The molecule has 2 aromatic rings. The molecule has 1 aromatic heterocycles. The summed E-state index contributed by atoms with van der Waals surface area (Å²) in [5.41, 5.74) is 1.09. The van der Waals surface area contributed by atoms with E-state index in [4.69, 9.17) is 5.11 Å². The molecule has 0 aliphatic carbocycles. The van der Waals surface area contributed by atoms with Crippen LogP contribution in [0.2, 0.25) is 0 Å². The molecule has 0 saturated carbocycles. The maximum Gasteiger partial charge on any atom is 0.147 e. The van der Waals surface area contributed by atoms with E-state index in [-0.39, 0.29) is 12.4 Å². The van der Waals surface area contributed by atoms with Crippen molar-refractivity contribution in [3.8, 4) is 0 Å². The fourth-order valence-electron chi connectivity index (χ4n) is 1.26. The van der Waals surface area contributed by atoms with Gasteiger partial charge < -0.3 is 10.1 Å². The highest BCUT2D eigenvalue weighted by atomic mass is 19.1. The SMILES string of the molecule is OCc1cc2cccc(F)c2[nH]1. The average molecular weight is 165 g/mol. The van der Waals surface area contributed by atoms with Gasteiger partial charge in [-0.1, -0.05) is 12.1 Å².